The second-order valence-corrected chi connectivity index (χ2v) is 6.32. The molecule has 0 bridgehead atoms. The summed E-state index contributed by atoms with van der Waals surface area (Å²) in [5.74, 6) is 2.53. The van der Waals surface area contributed by atoms with E-state index in [0.717, 1.165) is 12.8 Å². The Kier molecular flexibility index (Phi) is 3.83. The fourth-order valence-corrected chi connectivity index (χ4v) is 3.37. The van der Waals surface area contributed by atoms with Gasteiger partial charge in [-0.05, 0) is 44.1 Å². The Morgan fingerprint density at radius 1 is 1.27 bits per heavy atom. The SMILES string of the molecule is CC(Cl)C(=O)N(C1CCSCC1)C1CC1. The molecular formula is C11H18ClNOS. The first-order valence-corrected chi connectivity index (χ1v) is 7.33. The molecule has 1 amide bonds. The lowest BCUT2D eigenvalue weighted by molar-refractivity contribution is -0.133. The highest BCUT2D eigenvalue weighted by Gasteiger charge is 2.38. The molecule has 1 unspecified atom stereocenters. The average molecular weight is 248 g/mol. The summed E-state index contributed by atoms with van der Waals surface area (Å²) >= 11 is 7.91. The van der Waals surface area contributed by atoms with Crippen LogP contribution in [0, 0.1) is 0 Å². The molecule has 1 saturated heterocycles. The van der Waals surface area contributed by atoms with Crippen molar-refractivity contribution in [2.24, 2.45) is 0 Å². The third kappa shape index (κ3) is 2.82. The van der Waals surface area contributed by atoms with E-state index in [1.54, 1.807) is 6.92 Å². The maximum atomic E-state index is 12.0. The van der Waals surface area contributed by atoms with Crippen molar-refractivity contribution in [2.45, 2.75) is 50.1 Å². The van der Waals surface area contributed by atoms with Gasteiger partial charge in [-0.2, -0.15) is 11.8 Å². The first-order chi connectivity index (χ1) is 7.20. The molecule has 0 radical (unpaired) electrons. The Morgan fingerprint density at radius 3 is 2.27 bits per heavy atom. The maximum absolute atomic E-state index is 12.0. The van der Waals surface area contributed by atoms with Crippen molar-refractivity contribution in [1.29, 1.82) is 0 Å². The van der Waals surface area contributed by atoms with Crippen molar-refractivity contribution < 1.29 is 4.79 Å². The first kappa shape index (κ1) is 11.6. The molecule has 0 aromatic heterocycles. The van der Waals surface area contributed by atoms with Crippen molar-refractivity contribution >= 4 is 29.3 Å². The van der Waals surface area contributed by atoms with E-state index in [0.29, 0.717) is 12.1 Å². The smallest absolute Gasteiger partial charge is 0.240 e. The third-order valence-electron chi connectivity index (χ3n) is 3.12. The molecule has 0 aromatic carbocycles. The molecule has 2 nitrogen and oxygen atoms in total. The van der Waals surface area contributed by atoms with Gasteiger partial charge in [0.05, 0.1) is 0 Å². The molecule has 86 valence electrons. The number of rotatable bonds is 3. The topological polar surface area (TPSA) is 20.3 Å². The maximum Gasteiger partial charge on any atom is 0.240 e. The van der Waals surface area contributed by atoms with Crippen LogP contribution in [-0.4, -0.2) is 39.8 Å². The Labute approximate surface area is 101 Å². The molecule has 1 saturated carbocycles. The molecule has 1 heterocycles. The van der Waals surface area contributed by atoms with Crippen LogP contribution in [0.1, 0.15) is 32.6 Å². The fourth-order valence-electron chi connectivity index (χ4n) is 2.18. The average Bonchev–Trinajstić information content (AvgIpc) is 3.04. The van der Waals surface area contributed by atoms with Crippen LogP contribution in [0.4, 0.5) is 0 Å². The van der Waals surface area contributed by atoms with Gasteiger partial charge >= 0.3 is 0 Å². The monoisotopic (exact) mass is 247 g/mol. The first-order valence-electron chi connectivity index (χ1n) is 5.74. The van der Waals surface area contributed by atoms with E-state index in [1.165, 1.54) is 24.3 Å². The molecule has 0 aromatic rings. The van der Waals surface area contributed by atoms with Crippen LogP contribution >= 0.6 is 23.4 Å². The summed E-state index contributed by atoms with van der Waals surface area (Å²) in [5, 5.41) is -0.361. The Hall–Kier alpha value is 0.110. The number of hydrogen-bond donors (Lipinski definition) is 0. The van der Waals surface area contributed by atoms with Gasteiger partial charge in [-0.25, -0.2) is 0 Å². The molecule has 0 N–H and O–H groups in total. The van der Waals surface area contributed by atoms with Crippen molar-refractivity contribution in [2.75, 3.05) is 11.5 Å². The zero-order chi connectivity index (χ0) is 10.8. The molecule has 2 rings (SSSR count). The number of alkyl halides is 1. The zero-order valence-corrected chi connectivity index (χ0v) is 10.7. The highest BCUT2D eigenvalue weighted by molar-refractivity contribution is 7.99. The van der Waals surface area contributed by atoms with Crippen LogP contribution < -0.4 is 0 Å². The van der Waals surface area contributed by atoms with Gasteiger partial charge in [0.1, 0.15) is 5.38 Å². The minimum atomic E-state index is -0.361. The molecule has 0 spiro atoms. The predicted octanol–water partition coefficient (Wildman–Crippen LogP) is 2.50. The zero-order valence-electron chi connectivity index (χ0n) is 9.12. The molecule has 15 heavy (non-hydrogen) atoms. The highest BCUT2D eigenvalue weighted by atomic mass is 35.5. The van der Waals surface area contributed by atoms with E-state index in [4.69, 9.17) is 11.6 Å². The summed E-state index contributed by atoms with van der Waals surface area (Å²) in [4.78, 5) is 14.1. The van der Waals surface area contributed by atoms with Crippen LogP contribution in [0.15, 0.2) is 0 Å². The lowest BCUT2D eigenvalue weighted by atomic mass is 10.1. The fraction of sp³-hybridized carbons (Fsp3) is 0.909. The molecular weight excluding hydrogens is 230 g/mol. The quantitative estimate of drug-likeness (QED) is 0.715. The van der Waals surface area contributed by atoms with Crippen molar-refractivity contribution in [3.63, 3.8) is 0 Å². The van der Waals surface area contributed by atoms with Crippen LogP contribution in [-0.2, 0) is 4.79 Å². The molecule has 1 aliphatic heterocycles. The number of thioether (sulfide) groups is 1. The van der Waals surface area contributed by atoms with Crippen molar-refractivity contribution in [3.05, 3.63) is 0 Å². The van der Waals surface area contributed by atoms with E-state index < -0.39 is 0 Å². The second-order valence-electron chi connectivity index (χ2n) is 4.44. The van der Waals surface area contributed by atoms with E-state index in [9.17, 15) is 4.79 Å². The Bertz CT molecular complexity index is 237. The van der Waals surface area contributed by atoms with E-state index in [-0.39, 0.29) is 11.3 Å². The third-order valence-corrected chi connectivity index (χ3v) is 4.35. The van der Waals surface area contributed by atoms with Crippen molar-refractivity contribution in [1.82, 2.24) is 4.90 Å². The number of amides is 1. The lowest BCUT2D eigenvalue weighted by Gasteiger charge is -2.35. The lowest BCUT2D eigenvalue weighted by Crippen LogP contribution is -2.46. The summed E-state index contributed by atoms with van der Waals surface area (Å²) in [6.07, 6.45) is 4.66. The summed E-state index contributed by atoms with van der Waals surface area (Å²) in [6.45, 7) is 1.79. The molecule has 2 aliphatic rings. The summed E-state index contributed by atoms with van der Waals surface area (Å²) in [6, 6.07) is 0.972. The van der Waals surface area contributed by atoms with Crippen LogP contribution in [0.25, 0.3) is 0 Å². The summed E-state index contributed by atoms with van der Waals surface area (Å²) < 4.78 is 0. The van der Waals surface area contributed by atoms with Crippen LogP contribution in [0.5, 0.6) is 0 Å². The predicted molar refractivity (Wildman–Crippen MR) is 65.5 cm³/mol. The number of carbonyl (C=O) groups excluding carboxylic acids is 1. The number of nitrogens with zero attached hydrogens (tertiary/aromatic N) is 1. The minimum Gasteiger partial charge on any atom is -0.335 e. The molecule has 1 aliphatic carbocycles. The number of hydrogen-bond acceptors (Lipinski definition) is 2. The van der Waals surface area contributed by atoms with Crippen molar-refractivity contribution in [3.8, 4) is 0 Å². The Balaban J connectivity index is 2.01. The van der Waals surface area contributed by atoms with E-state index >= 15 is 0 Å². The van der Waals surface area contributed by atoms with Gasteiger partial charge in [0.15, 0.2) is 0 Å². The summed E-state index contributed by atoms with van der Waals surface area (Å²) in [7, 11) is 0. The number of halogens is 1. The summed E-state index contributed by atoms with van der Waals surface area (Å²) in [5.41, 5.74) is 0. The standard InChI is InChI=1S/C11H18ClNOS/c1-8(12)11(14)13(9-2-3-9)10-4-6-15-7-5-10/h8-10H,2-7H2,1H3. The van der Waals surface area contributed by atoms with Crippen LogP contribution in [0.2, 0.25) is 0 Å². The molecule has 4 heteroatoms. The van der Waals surface area contributed by atoms with Gasteiger partial charge < -0.3 is 4.90 Å². The van der Waals surface area contributed by atoms with Crippen LogP contribution in [0.3, 0.4) is 0 Å². The van der Waals surface area contributed by atoms with Gasteiger partial charge in [-0.3, -0.25) is 4.79 Å². The molecule has 1 atom stereocenters. The normalized spacial score (nSPS) is 24.9. The highest BCUT2D eigenvalue weighted by Crippen LogP contribution is 2.34. The van der Waals surface area contributed by atoms with E-state index in [2.05, 4.69) is 4.90 Å². The Morgan fingerprint density at radius 2 is 1.80 bits per heavy atom. The van der Waals surface area contributed by atoms with Gasteiger partial charge in [0.2, 0.25) is 5.91 Å². The minimum absolute atomic E-state index is 0.149. The largest absolute Gasteiger partial charge is 0.335 e. The van der Waals surface area contributed by atoms with Gasteiger partial charge in [0.25, 0.3) is 0 Å². The second kappa shape index (κ2) is 4.96. The number of carbonyl (C=O) groups is 1. The van der Waals surface area contributed by atoms with Gasteiger partial charge in [-0.1, -0.05) is 0 Å². The van der Waals surface area contributed by atoms with E-state index in [1.807, 2.05) is 11.8 Å². The van der Waals surface area contributed by atoms with Gasteiger partial charge in [-0.15, -0.1) is 11.6 Å². The van der Waals surface area contributed by atoms with Gasteiger partial charge in [0, 0.05) is 12.1 Å². The molecule has 2 fully saturated rings.